The first-order chi connectivity index (χ1) is 15.0. The van der Waals surface area contributed by atoms with Crippen molar-refractivity contribution in [2.24, 2.45) is 0 Å². The van der Waals surface area contributed by atoms with Gasteiger partial charge in [-0.05, 0) is 56.2 Å². The van der Waals surface area contributed by atoms with E-state index in [1.54, 1.807) is 29.2 Å². The molecule has 0 saturated carbocycles. The normalized spacial score (nSPS) is 20.7. The first kappa shape index (κ1) is 23.0. The smallest absolute Gasteiger partial charge is 0.308 e. The van der Waals surface area contributed by atoms with Gasteiger partial charge in [-0.1, -0.05) is 0 Å². The molecule has 9 nitrogen and oxygen atoms in total. The van der Waals surface area contributed by atoms with Crippen molar-refractivity contribution in [3.63, 3.8) is 0 Å². The minimum absolute atomic E-state index is 0.0882. The summed E-state index contributed by atoms with van der Waals surface area (Å²) in [6.45, 7) is 3.99. The second-order valence-corrected chi connectivity index (χ2v) is 7.63. The zero-order valence-electron chi connectivity index (χ0n) is 17.4. The Kier molecular flexibility index (Phi) is 8.19. The third-order valence-electron chi connectivity index (χ3n) is 5.05. The van der Waals surface area contributed by atoms with Gasteiger partial charge in [-0.3, -0.25) is 19.7 Å². The van der Waals surface area contributed by atoms with E-state index in [0.717, 1.165) is 12.8 Å². The highest BCUT2D eigenvalue weighted by Gasteiger charge is 2.34. The molecule has 3 rings (SSSR count). The summed E-state index contributed by atoms with van der Waals surface area (Å²) in [6, 6.07) is 5.81. The van der Waals surface area contributed by atoms with Crippen LogP contribution in [0.5, 0.6) is 5.75 Å². The number of carbonyl (C=O) groups excluding carboxylic acids is 3. The van der Waals surface area contributed by atoms with Crippen LogP contribution in [0.15, 0.2) is 24.3 Å². The largest absolute Gasteiger partial charge is 0.494 e. The molecule has 2 unspecified atom stereocenters. The fourth-order valence-corrected chi connectivity index (χ4v) is 3.76. The van der Waals surface area contributed by atoms with E-state index < -0.39 is 17.9 Å². The SMILES string of the molecule is CCOc1ccc(C(=O)NC(=S)N2CCNC(=O)C2CC(=O)OCC2CCCO2)cc1. The standard InChI is InChI=1S/C21H27N3O6S/c1-2-28-15-7-5-14(6-8-15)19(26)23-21(31)24-10-9-22-20(27)17(24)12-18(25)30-13-16-4-3-11-29-16/h5-8,16-17H,2-4,9-13H2,1H3,(H,22,27)(H,23,26,31). The molecule has 2 aliphatic heterocycles. The number of piperazine rings is 1. The molecule has 31 heavy (non-hydrogen) atoms. The summed E-state index contributed by atoms with van der Waals surface area (Å²) < 4.78 is 16.1. The molecule has 2 N–H and O–H groups in total. The molecule has 0 aliphatic carbocycles. The van der Waals surface area contributed by atoms with Crippen molar-refractivity contribution in [1.82, 2.24) is 15.5 Å². The molecule has 2 atom stereocenters. The van der Waals surface area contributed by atoms with Gasteiger partial charge in [-0.15, -0.1) is 0 Å². The molecule has 0 radical (unpaired) electrons. The van der Waals surface area contributed by atoms with Gasteiger partial charge in [0.25, 0.3) is 5.91 Å². The van der Waals surface area contributed by atoms with Crippen LogP contribution >= 0.6 is 12.2 Å². The number of ether oxygens (including phenoxy) is 3. The average Bonchev–Trinajstić information content (AvgIpc) is 3.28. The molecule has 2 saturated heterocycles. The molecule has 2 aliphatic rings. The number of thiocarbonyl (C=S) groups is 1. The Bertz CT molecular complexity index is 810. The molecule has 1 aromatic rings. The van der Waals surface area contributed by atoms with Crippen LogP contribution in [-0.4, -0.2) is 72.9 Å². The Hall–Kier alpha value is -2.72. The van der Waals surface area contributed by atoms with Crippen molar-refractivity contribution >= 4 is 35.1 Å². The van der Waals surface area contributed by atoms with Crippen molar-refractivity contribution < 1.29 is 28.6 Å². The Morgan fingerprint density at radius 3 is 2.77 bits per heavy atom. The fourth-order valence-electron chi connectivity index (χ4n) is 3.45. The fraction of sp³-hybridized carbons (Fsp3) is 0.524. The molecule has 2 heterocycles. The van der Waals surface area contributed by atoms with Gasteiger partial charge in [0.05, 0.1) is 19.1 Å². The number of rotatable bonds is 7. The van der Waals surface area contributed by atoms with Crippen LogP contribution < -0.4 is 15.4 Å². The third-order valence-corrected chi connectivity index (χ3v) is 5.39. The second-order valence-electron chi connectivity index (χ2n) is 7.24. The summed E-state index contributed by atoms with van der Waals surface area (Å²) in [5, 5.41) is 5.46. The summed E-state index contributed by atoms with van der Waals surface area (Å²) in [6.07, 6.45) is 1.54. The van der Waals surface area contributed by atoms with Gasteiger partial charge >= 0.3 is 5.97 Å². The van der Waals surface area contributed by atoms with Crippen molar-refractivity contribution in [3.05, 3.63) is 29.8 Å². The lowest BCUT2D eigenvalue weighted by atomic mass is 10.1. The van der Waals surface area contributed by atoms with E-state index in [4.69, 9.17) is 26.4 Å². The van der Waals surface area contributed by atoms with E-state index in [1.165, 1.54) is 0 Å². The van der Waals surface area contributed by atoms with Crippen LogP contribution in [0.3, 0.4) is 0 Å². The number of hydrogen-bond donors (Lipinski definition) is 2. The number of hydrogen-bond acceptors (Lipinski definition) is 7. The zero-order chi connectivity index (χ0) is 22.2. The van der Waals surface area contributed by atoms with E-state index in [9.17, 15) is 14.4 Å². The van der Waals surface area contributed by atoms with Crippen LogP contribution in [0.2, 0.25) is 0 Å². The highest BCUT2D eigenvalue weighted by atomic mass is 32.1. The predicted molar refractivity (Wildman–Crippen MR) is 116 cm³/mol. The molecule has 0 spiro atoms. The molecule has 1 aromatic carbocycles. The molecule has 0 aromatic heterocycles. The van der Waals surface area contributed by atoms with Crippen molar-refractivity contribution in [2.75, 3.05) is 32.9 Å². The van der Waals surface area contributed by atoms with Crippen molar-refractivity contribution in [3.8, 4) is 5.75 Å². The van der Waals surface area contributed by atoms with Crippen LogP contribution in [-0.2, 0) is 19.1 Å². The summed E-state index contributed by atoms with van der Waals surface area (Å²) in [4.78, 5) is 38.8. The number of amides is 2. The Labute approximate surface area is 186 Å². The van der Waals surface area contributed by atoms with Gasteiger partial charge in [0.15, 0.2) is 5.11 Å². The van der Waals surface area contributed by atoms with Gasteiger partial charge in [0.2, 0.25) is 5.91 Å². The minimum Gasteiger partial charge on any atom is -0.494 e. The quantitative estimate of drug-likeness (QED) is 0.469. The summed E-state index contributed by atoms with van der Waals surface area (Å²) in [7, 11) is 0. The number of nitrogens with zero attached hydrogens (tertiary/aromatic N) is 1. The highest BCUT2D eigenvalue weighted by Crippen LogP contribution is 2.15. The first-order valence-electron chi connectivity index (χ1n) is 10.4. The lowest BCUT2D eigenvalue weighted by molar-refractivity contribution is -0.150. The van der Waals surface area contributed by atoms with E-state index in [2.05, 4.69) is 10.6 Å². The highest BCUT2D eigenvalue weighted by molar-refractivity contribution is 7.80. The van der Waals surface area contributed by atoms with E-state index in [-0.39, 0.29) is 30.2 Å². The minimum atomic E-state index is -0.848. The van der Waals surface area contributed by atoms with Crippen LogP contribution in [0.1, 0.15) is 36.5 Å². The van der Waals surface area contributed by atoms with Crippen molar-refractivity contribution in [2.45, 2.75) is 38.3 Å². The maximum atomic E-state index is 12.6. The van der Waals surface area contributed by atoms with Gasteiger partial charge in [0.1, 0.15) is 18.4 Å². The topological polar surface area (TPSA) is 106 Å². The maximum absolute atomic E-state index is 12.6. The first-order valence-corrected chi connectivity index (χ1v) is 10.8. The second kappa shape index (κ2) is 11.1. The van der Waals surface area contributed by atoms with Gasteiger partial charge in [0, 0.05) is 25.3 Å². The predicted octanol–water partition coefficient (Wildman–Crippen LogP) is 1.01. The third kappa shape index (κ3) is 6.38. The lowest BCUT2D eigenvalue weighted by Crippen LogP contribution is -2.60. The summed E-state index contributed by atoms with van der Waals surface area (Å²) in [5.41, 5.74) is 0.403. The van der Waals surface area contributed by atoms with Crippen molar-refractivity contribution in [1.29, 1.82) is 0 Å². The molecule has 168 valence electrons. The lowest BCUT2D eigenvalue weighted by Gasteiger charge is -2.36. The van der Waals surface area contributed by atoms with Crippen LogP contribution in [0.4, 0.5) is 0 Å². The maximum Gasteiger partial charge on any atom is 0.308 e. The Morgan fingerprint density at radius 1 is 1.32 bits per heavy atom. The number of benzene rings is 1. The molecular formula is C21H27N3O6S. The number of carbonyl (C=O) groups is 3. The molecule has 10 heteroatoms. The van der Waals surface area contributed by atoms with Crippen LogP contribution in [0, 0.1) is 0 Å². The zero-order valence-corrected chi connectivity index (χ0v) is 18.2. The average molecular weight is 450 g/mol. The van der Waals surface area contributed by atoms with Crippen LogP contribution in [0.25, 0.3) is 0 Å². The molecular weight excluding hydrogens is 422 g/mol. The van der Waals surface area contributed by atoms with Gasteiger partial charge in [-0.25, -0.2) is 0 Å². The van der Waals surface area contributed by atoms with Gasteiger partial charge < -0.3 is 24.4 Å². The van der Waals surface area contributed by atoms with E-state index in [1.807, 2.05) is 6.92 Å². The molecule has 2 fully saturated rings. The van der Waals surface area contributed by atoms with Gasteiger partial charge in [-0.2, -0.15) is 0 Å². The Morgan fingerprint density at radius 2 is 2.10 bits per heavy atom. The molecule has 0 bridgehead atoms. The van der Waals surface area contributed by atoms with E-state index in [0.29, 0.717) is 37.6 Å². The van der Waals surface area contributed by atoms with E-state index >= 15 is 0 Å². The summed E-state index contributed by atoms with van der Waals surface area (Å²) >= 11 is 5.37. The molecule has 2 amide bonds. The monoisotopic (exact) mass is 449 g/mol. The summed E-state index contributed by atoms with van der Waals surface area (Å²) in [5.74, 6) is -0.587. The Balaban J connectivity index is 1.57. The number of nitrogens with one attached hydrogen (secondary N) is 2. The number of esters is 1.